The van der Waals surface area contributed by atoms with E-state index in [9.17, 15) is 4.79 Å². The molecule has 1 aliphatic heterocycles. The minimum absolute atomic E-state index is 0.232. The van der Waals surface area contributed by atoms with Crippen molar-refractivity contribution in [2.45, 2.75) is 52.5 Å². The smallest absolute Gasteiger partial charge is 0.224 e. The molecule has 3 heterocycles. The summed E-state index contributed by atoms with van der Waals surface area (Å²) in [7, 11) is 0. The van der Waals surface area contributed by atoms with Crippen LogP contribution in [-0.4, -0.2) is 39.9 Å². The van der Waals surface area contributed by atoms with E-state index in [0.717, 1.165) is 35.4 Å². The Morgan fingerprint density at radius 3 is 2.76 bits per heavy atom. The Hall–Kier alpha value is -2.47. The van der Waals surface area contributed by atoms with Crippen LogP contribution in [0.5, 0.6) is 0 Å². The van der Waals surface area contributed by atoms with Gasteiger partial charge in [0.15, 0.2) is 0 Å². The van der Waals surface area contributed by atoms with E-state index >= 15 is 0 Å². The van der Waals surface area contributed by atoms with E-state index in [0.29, 0.717) is 19.0 Å². The average molecular weight is 409 g/mol. The second-order valence-corrected chi connectivity index (χ2v) is 9.11. The van der Waals surface area contributed by atoms with E-state index in [2.05, 4.69) is 60.3 Å². The molecule has 1 atom stereocenters. The number of aromatic nitrogens is 2. The molecule has 4 rings (SSSR count). The largest absolute Gasteiger partial charge is 0.369 e. The molecule has 0 aliphatic carbocycles. The zero-order valence-electron chi connectivity index (χ0n) is 17.4. The highest BCUT2D eigenvalue weighted by molar-refractivity contribution is 7.19. The number of nitrogens with zero attached hydrogens (tertiary/aromatic N) is 3. The number of anilines is 1. The van der Waals surface area contributed by atoms with Gasteiger partial charge in [0, 0.05) is 36.0 Å². The van der Waals surface area contributed by atoms with Gasteiger partial charge in [0.1, 0.15) is 17.0 Å². The number of thiophene rings is 1. The molecule has 1 aliphatic rings. The van der Waals surface area contributed by atoms with Crippen LogP contribution >= 0.6 is 11.3 Å². The van der Waals surface area contributed by atoms with Gasteiger partial charge in [-0.25, -0.2) is 9.97 Å². The molecule has 29 heavy (non-hydrogen) atoms. The van der Waals surface area contributed by atoms with Crippen molar-refractivity contribution >= 4 is 33.3 Å². The van der Waals surface area contributed by atoms with Gasteiger partial charge in [-0.15, -0.1) is 11.3 Å². The fourth-order valence-electron chi connectivity index (χ4n) is 4.15. The Labute approximate surface area is 176 Å². The number of piperidine rings is 1. The molecule has 0 spiro atoms. The lowest BCUT2D eigenvalue weighted by Crippen LogP contribution is -2.42. The molecule has 3 aromatic rings. The number of amides is 1. The summed E-state index contributed by atoms with van der Waals surface area (Å²) in [5, 5.41) is 4.47. The van der Waals surface area contributed by atoms with Gasteiger partial charge >= 0.3 is 0 Å². The van der Waals surface area contributed by atoms with Crippen LogP contribution in [0.25, 0.3) is 21.3 Å². The number of likely N-dealkylation sites (tertiary alicyclic amines) is 1. The highest BCUT2D eigenvalue weighted by atomic mass is 32.1. The first-order chi connectivity index (χ1) is 14.0. The molecular formula is C23H28N4OS. The van der Waals surface area contributed by atoms with E-state index in [1.54, 1.807) is 17.7 Å². The van der Waals surface area contributed by atoms with Gasteiger partial charge in [-0.05, 0) is 45.6 Å². The SMILES string of the molecule is Cc1ccc(-c2c(C)sc3ncnc(NCCC(=O)N4CCCCC4C)c23)cc1. The van der Waals surface area contributed by atoms with Crippen LogP contribution in [0, 0.1) is 13.8 Å². The van der Waals surface area contributed by atoms with Gasteiger partial charge < -0.3 is 10.2 Å². The third-order valence-electron chi connectivity index (χ3n) is 5.76. The van der Waals surface area contributed by atoms with E-state index in [-0.39, 0.29) is 5.91 Å². The highest BCUT2D eigenvalue weighted by Crippen LogP contribution is 2.40. The minimum atomic E-state index is 0.232. The molecule has 1 aromatic carbocycles. The number of hydrogen-bond acceptors (Lipinski definition) is 5. The maximum Gasteiger partial charge on any atom is 0.224 e. The fourth-order valence-corrected chi connectivity index (χ4v) is 5.16. The number of fused-ring (bicyclic) bond motifs is 1. The summed E-state index contributed by atoms with van der Waals surface area (Å²) in [6.45, 7) is 7.85. The molecule has 1 amide bonds. The number of carbonyl (C=O) groups excluding carboxylic acids is 1. The van der Waals surface area contributed by atoms with Crippen molar-refractivity contribution in [3.05, 3.63) is 41.0 Å². The molecule has 1 saturated heterocycles. The lowest BCUT2D eigenvalue weighted by molar-refractivity contribution is -0.134. The first-order valence-electron chi connectivity index (χ1n) is 10.4. The maximum atomic E-state index is 12.6. The Morgan fingerprint density at radius 2 is 2.00 bits per heavy atom. The van der Waals surface area contributed by atoms with Crippen molar-refractivity contribution in [3.63, 3.8) is 0 Å². The molecule has 0 radical (unpaired) electrons. The van der Waals surface area contributed by atoms with Crippen LogP contribution in [0.15, 0.2) is 30.6 Å². The van der Waals surface area contributed by atoms with Crippen molar-refractivity contribution in [1.29, 1.82) is 0 Å². The second kappa shape index (κ2) is 8.49. The lowest BCUT2D eigenvalue weighted by Gasteiger charge is -2.33. The molecule has 5 nitrogen and oxygen atoms in total. The third kappa shape index (κ3) is 4.13. The van der Waals surface area contributed by atoms with Crippen LogP contribution in [-0.2, 0) is 4.79 Å². The fraction of sp³-hybridized carbons (Fsp3) is 0.435. The number of hydrogen-bond donors (Lipinski definition) is 1. The summed E-state index contributed by atoms with van der Waals surface area (Å²) in [6.07, 6.45) is 5.54. The standard InChI is InChI=1S/C23H28N4OS/c1-15-7-9-18(10-8-15)20-17(3)29-23-21(20)22(25-14-26-23)24-12-11-19(28)27-13-5-4-6-16(27)2/h7-10,14,16H,4-6,11-13H2,1-3H3,(H,24,25,26). The van der Waals surface area contributed by atoms with Crippen LogP contribution in [0.2, 0.25) is 0 Å². The van der Waals surface area contributed by atoms with Crippen LogP contribution < -0.4 is 5.32 Å². The average Bonchev–Trinajstić information content (AvgIpc) is 3.05. The topological polar surface area (TPSA) is 58.1 Å². The van der Waals surface area contributed by atoms with Crippen LogP contribution in [0.4, 0.5) is 5.82 Å². The molecule has 152 valence electrons. The maximum absolute atomic E-state index is 12.6. The van der Waals surface area contributed by atoms with Gasteiger partial charge in [0.2, 0.25) is 5.91 Å². The predicted molar refractivity (Wildman–Crippen MR) is 120 cm³/mol. The Balaban J connectivity index is 1.55. The predicted octanol–water partition coefficient (Wildman–Crippen LogP) is 5.18. The monoisotopic (exact) mass is 408 g/mol. The van der Waals surface area contributed by atoms with E-state index in [4.69, 9.17) is 0 Å². The molecule has 0 bridgehead atoms. The second-order valence-electron chi connectivity index (χ2n) is 7.91. The van der Waals surface area contributed by atoms with E-state index in [1.807, 2.05) is 4.90 Å². The van der Waals surface area contributed by atoms with Gasteiger partial charge in [-0.2, -0.15) is 0 Å². The first kappa shape index (κ1) is 19.8. The van der Waals surface area contributed by atoms with E-state index < -0.39 is 0 Å². The van der Waals surface area contributed by atoms with Crippen molar-refractivity contribution in [2.75, 3.05) is 18.4 Å². The highest BCUT2D eigenvalue weighted by Gasteiger charge is 2.23. The van der Waals surface area contributed by atoms with E-state index in [1.165, 1.54) is 28.0 Å². The molecule has 0 saturated carbocycles. The number of nitrogens with one attached hydrogen (secondary N) is 1. The number of rotatable bonds is 5. The quantitative estimate of drug-likeness (QED) is 0.632. The Bertz CT molecular complexity index is 1010. The Kier molecular flexibility index (Phi) is 5.81. The summed E-state index contributed by atoms with van der Waals surface area (Å²) in [6, 6.07) is 8.93. The Morgan fingerprint density at radius 1 is 1.21 bits per heavy atom. The van der Waals surface area contributed by atoms with Crippen LogP contribution in [0.3, 0.4) is 0 Å². The van der Waals surface area contributed by atoms with Crippen molar-refractivity contribution < 1.29 is 4.79 Å². The zero-order chi connectivity index (χ0) is 20.4. The normalized spacial score (nSPS) is 16.9. The number of benzene rings is 1. The first-order valence-corrected chi connectivity index (χ1v) is 11.2. The molecule has 1 unspecified atom stereocenters. The number of carbonyl (C=O) groups is 1. The van der Waals surface area contributed by atoms with Crippen LogP contribution in [0.1, 0.15) is 43.0 Å². The molecule has 2 aromatic heterocycles. The van der Waals surface area contributed by atoms with Gasteiger partial charge in [-0.3, -0.25) is 4.79 Å². The third-order valence-corrected chi connectivity index (χ3v) is 6.77. The molecule has 1 N–H and O–H groups in total. The van der Waals surface area contributed by atoms with Crippen molar-refractivity contribution in [1.82, 2.24) is 14.9 Å². The van der Waals surface area contributed by atoms with Crippen molar-refractivity contribution in [2.24, 2.45) is 0 Å². The van der Waals surface area contributed by atoms with Gasteiger partial charge in [0.05, 0.1) is 5.39 Å². The van der Waals surface area contributed by atoms with Crippen molar-refractivity contribution in [3.8, 4) is 11.1 Å². The summed E-state index contributed by atoms with van der Waals surface area (Å²) < 4.78 is 0. The van der Waals surface area contributed by atoms with Gasteiger partial charge in [-0.1, -0.05) is 29.8 Å². The number of aryl methyl sites for hydroxylation is 2. The summed E-state index contributed by atoms with van der Waals surface area (Å²) in [4.78, 5) is 25.9. The summed E-state index contributed by atoms with van der Waals surface area (Å²) >= 11 is 1.69. The lowest BCUT2D eigenvalue weighted by atomic mass is 10.0. The van der Waals surface area contributed by atoms with Gasteiger partial charge in [0.25, 0.3) is 0 Å². The zero-order valence-corrected chi connectivity index (χ0v) is 18.2. The molecular weight excluding hydrogens is 380 g/mol. The summed E-state index contributed by atoms with van der Waals surface area (Å²) in [5.41, 5.74) is 3.60. The minimum Gasteiger partial charge on any atom is -0.369 e. The summed E-state index contributed by atoms with van der Waals surface area (Å²) in [5.74, 6) is 1.05. The molecule has 1 fully saturated rings. The molecule has 6 heteroatoms.